The van der Waals surface area contributed by atoms with E-state index in [1.165, 1.54) is 0 Å². The molecule has 0 radical (unpaired) electrons. The molecule has 0 aliphatic carbocycles. The first kappa shape index (κ1) is 12.9. The van der Waals surface area contributed by atoms with Crippen molar-refractivity contribution in [2.75, 3.05) is 6.61 Å². The van der Waals surface area contributed by atoms with Gasteiger partial charge in [0.05, 0.1) is 12.2 Å². The van der Waals surface area contributed by atoms with E-state index >= 15 is 0 Å². The molecule has 0 aromatic heterocycles. The van der Waals surface area contributed by atoms with Crippen molar-refractivity contribution >= 4 is 0 Å². The Balaban J connectivity index is 1.87. The van der Waals surface area contributed by atoms with Gasteiger partial charge in [0, 0.05) is 25.0 Å². The first-order valence-electron chi connectivity index (χ1n) is 6.56. The summed E-state index contributed by atoms with van der Waals surface area (Å²) < 4.78 is 11.6. The largest absolute Gasteiger partial charge is 0.459 e. The van der Waals surface area contributed by atoms with Crippen LogP contribution in [0.4, 0.5) is 0 Å². The molecule has 4 atom stereocenters. The molecule has 1 aromatic rings. The van der Waals surface area contributed by atoms with Crippen LogP contribution in [-0.4, -0.2) is 46.0 Å². The van der Waals surface area contributed by atoms with Gasteiger partial charge in [-0.05, 0) is 12.5 Å². The topological polar surface area (TPSA) is 79.2 Å². The lowest BCUT2D eigenvalue weighted by atomic mass is 9.91. The SMILES string of the molecule is OCC[C@H]1C[C@@H](O)[C@H](O)[C@@]2(Cc3ccccc3O2)O1. The second-order valence-electron chi connectivity index (χ2n) is 5.20. The zero-order valence-corrected chi connectivity index (χ0v) is 10.5. The lowest BCUT2D eigenvalue weighted by Gasteiger charge is -2.43. The van der Waals surface area contributed by atoms with Crippen molar-refractivity contribution < 1.29 is 24.8 Å². The maximum atomic E-state index is 10.2. The standard InChI is InChI=1S/C14H18O5/c15-6-5-10-7-11(16)13(17)14(18-10)8-9-3-1-2-4-12(9)19-14/h1-4,10-11,13,15-17H,5-8H2/t10-,11+,13-,14-/m0/s1. The number of fused-ring (bicyclic) bond motifs is 1. The zero-order valence-electron chi connectivity index (χ0n) is 10.5. The number of ether oxygens (including phenoxy) is 2. The fraction of sp³-hybridized carbons (Fsp3) is 0.571. The van der Waals surface area contributed by atoms with Crippen molar-refractivity contribution in [3.8, 4) is 5.75 Å². The first-order valence-corrected chi connectivity index (χ1v) is 6.56. The van der Waals surface area contributed by atoms with Crippen molar-refractivity contribution in [2.24, 2.45) is 0 Å². The smallest absolute Gasteiger partial charge is 0.243 e. The van der Waals surface area contributed by atoms with E-state index in [9.17, 15) is 10.2 Å². The molecule has 1 spiro atoms. The molecule has 5 nitrogen and oxygen atoms in total. The summed E-state index contributed by atoms with van der Waals surface area (Å²) in [5.74, 6) is -0.542. The van der Waals surface area contributed by atoms with Gasteiger partial charge in [-0.15, -0.1) is 0 Å². The van der Waals surface area contributed by atoms with Gasteiger partial charge in [0.2, 0.25) is 5.79 Å². The predicted molar refractivity (Wildman–Crippen MR) is 66.7 cm³/mol. The van der Waals surface area contributed by atoms with Gasteiger partial charge in [0.25, 0.3) is 0 Å². The monoisotopic (exact) mass is 266 g/mol. The molecule has 0 saturated carbocycles. The molecule has 1 saturated heterocycles. The highest BCUT2D eigenvalue weighted by Crippen LogP contribution is 2.42. The van der Waals surface area contributed by atoms with E-state index in [0.717, 1.165) is 5.56 Å². The van der Waals surface area contributed by atoms with Gasteiger partial charge < -0.3 is 24.8 Å². The summed E-state index contributed by atoms with van der Waals surface area (Å²) in [5, 5.41) is 29.2. The molecule has 5 heteroatoms. The zero-order chi connectivity index (χ0) is 13.5. The summed E-state index contributed by atoms with van der Waals surface area (Å²) in [7, 11) is 0. The van der Waals surface area contributed by atoms with Crippen LogP contribution in [0.3, 0.4) is 0 Å². The molecule has 0 unspecified atom stereocenters. The number of aliphatic hydroxyl groups excluding tert-OH is 3. The van der Waals surface area contributed by atoms with E-state index < -0.39 is 18.0 Å². The summed E-state index contributed by atoms with van der Waals surface area (Å²) in [6, 6.07) is 7.50. The number of hydrogen-bond donors (Lipinski definition) is 3. The minimum absolute atomic E-state index is 0.0174. The van der Waals surface area contributed by atoms with Crippen molar-refractivity contribution in [3.05, 3.63) is 29.8 Å². The van der Waals surface area contributed by atoms with E-state index in [0.29, 0.717) is 25.0 Å². The number of para-hydroxylation sites is 1. The molecular formula is C14H18O5. The van der Waals surface area contributed by atoms with Gasteiger partial charge in [-0.1, -0.05) is 18.2 Å². The highest BCUT2D eigenvalue weighted by molar-refractivity contribution is 5.39. The van der Waals surface area contributed by atoms with Crippen LogP contribution in [-0.2, 0) is 11.2 Å². The molecule has 2 aliphatic heterocycles. The third-order valence-electron chi connectivity index (χ3n) is 3.83. The molecule has 0 bridgehead atoms. The Bertz CT molecular complexity index is 436. The molecule has 1 fully saturated rings. The third-order valence-corrected chi connectivity index (χ3v) is 3.83. The maximum Gasteiger partial charge on any atom is 0.243 e. The highest BCUT2D eigenvalue weighted by atomic mass is 16.7. The van der Waals surface area contributed by atoms with Gasteiger partial charge in [-0.3, -0.25) is 0 Å². The number of benzene rings is 1. The molecule has 3 N–H and O–H groups in total. The lowest BCUT2D eigenvalue weighted by molar-refractivity contribution is -0.301. The minimum Gasteiger partial charge on any atom is -0.459 e. The van der Waals surface area contributed by atoms with E-state index in [1.54, 1.807) is 0 Å². The lowest BCUT2D eigenvalue weighted by Crippen LogP contribution is -2.60. The summed E-state index contributed by atoms with van der Waals surface area (Å²) in [6.07, 6.45) is -1.16. The highest BCUT2D eigenvalue weighted by Gasteiger charge is 2.54. The van der Waals surface area contributed by atoms with Crippen LogP contribution >= 0.6 is 0 Å². The van der Waals surface area contributed by atoms with Crippen molar-refractivity contribution in [2.45, 2.75) is 43.4 Å². The number of rotatable bonds is 2. The van der Waals surface area contributed by atoms with E-state index in [2.05, 4.69) is 0 Å². The van der Waals surface area contributed by atoms with Gasteiger partial charge in [-0.25, -0.2) is 0 Å². The molecule has 2 heterocycles. The van der Waals surface area contributed by atoms with Crippen LogP contribution in [0, 0.1) is 0 Å². The Labute approximate surface area is 111 Å². The Morgan fingerprint density at radius 2 is 2.05 bits per heavy atom. The fourth-order valence-corrected chi connectivity index (χ4v) is 2.88. The maximum absolute atomic E-state index is 10.2. The molecule has 0 amide bonds. The fourth-order valence-electron chi connectivity index (χ4n) is 2.88. The second-order valence-corrected chi connectivity index (χ2v) is 5.20. The number of hydrogen-bond acceptors (Lipinski definition) is 5. The Morgan fingerprint density at radius 3 is 2.79 bits per heavy atom. The summed E-state index contributed by atoms with van der Waals surface area (Å²) in [4.78, 5) is 0. The first-order chi connectivity index (χ1) is 9.14. The van der Waals surface area contributed by atoms with Crippen LogP contribution in [0.25, 0.3) is 0 Å². The van der Waals surface area contributed by atoms with Gasteiger partial charge in [-0.2, -0.15) is 0 Å². The molecule has 3 rings (SSSR count). The molecule has 2 aliphatic rings. The molecule has 104 valence electrons. The second kappa shape index (κ2) is 4.76. The third kappa shape index (κ3) is 2.12. The summed E-state index contributed by atoms with van der Waals surface area (Å²) >= 11 is 0. The normalized spacial score (nSPS) is 37.1. The average Bonchev–Trinajstić information content (AvgIpc) is 2.75. The van der Waals surface area contributed by atoms with Crippen LogP contribution in [0.2, 0.25) is 0 Å². The van der Waals surface area contributed by atoms with Crippen molar-refractivity contribution in [1.82, 2.24) is 0 Å². The van der Waals surface area contributed by atoms with E-state index in [4.69, 9.17) is 14.6 Å². The van der Waals surface area contributed by atoms with Crippen molar-refractivity contribution in [1.29, 1.82) is 0 Å². The summed E-state index contributed by atoms with van der Waals surface area (Å²) in [6.45, 7) is -0.0174. The molecular weight excluding hydrogens is 248 g/mol. The average molecular weight is 266 g/mol. The van der Waals surface area contributed by atoms with Crippen molar-refractivity contribution in [3.63, 3.8) is 0 Å². The van der Waals surface area contributed by atoms with Gasteiger partial charge in [0.1, 0.15) is 11.9 Å². The Kier molecular flexibility index (Phi) is 3.22. The molecule has 19 heavy (non-hydrogen) atoms. The number of aliphatic hydroxyl groups is 3. The quantitative estimate of drug-likeness (QED) is 0.713. The molecule has 1 aromatic carbocycles. The van der Waals surface area contributed by atoms with E-state index in [1.807, 2.05) is 24.3 Å². The van der Waals surface area contributed by atoms with E-state index in [-0.39, 0.29) is 12.7 Å². The van der Waals surface area contributed by atoms with Gasteiger partial charge in [0.15, 0.2) is 0 Å². The Hall–Kier alpha value is -1.14. The van der Waals surface area contributed by atoms with Crippen LogP contribution in [0.1, 0.15) is 18.4 Å². The van der Waals surface area contributed by atoms with Crippen LogP contribution < -0.4 is 4.74 Å². The predicted octanol–water partition coefficient (Wildman–Crippen LogP) is 0.211. The van der Waals surface area contributed by atoms with Crippen LogP contribution in [0.5, 0.6) is 5.75 Å². The Morgan fingerprint density at radius 1 is 1.26 bits per heavy atom. The van der Waals surface area contributed by atoms with Crippen LogP contribution in [0.15, 0.2) is 24.3 Å². The minimum atomic E-state index is -1.22. The van der Waals surface area contributed by atoms with Gasteiger partial charge >= 0.3 is 0 Å². The summed E-state index contributed by atoms with van der Waals surface area (Å²) in [5.41, 5.74) is 0.957.